The van der Waals surface area contributed by atoms with Crippen LogP contribution in [0.2, 0.25) is 0 Å². The van der Waals surface area contributed by atoms with E-state index in [0.717, 1.165) is 0 Å². The van der Waals surface area contributed by atoms with Crippen molar-refractivity contribution in [2.24, 2.45) is 5.10 Å². The zero-order chi connectivity index (χ0) is 8.10. The van der Waals surface area contributed by atoms with Crippen LogP contribution in [0.1, 0.15) is 0 Å². The number of ether oxygens (including phenoxy) is 1. The van der Waals surface area contributed by atoms with Gasteiger partial charge in [-0.1, -0.05) is 0 Å². The van der Waals surface area contributed by atoms with E-state index >= 15 is 0 Å². The molecule has 0 atom stereocenters. The summed E-state index contributed by atoms with van der Waals surface area (Å²) in [7, 11) is 1.34. The maximum atomic E-state index is 10.9. The molecular formula is C7H8N2O2. The Morgan fingerprint density at radius 1 is 1.73 bits per heavy atom. The van der Waals surface area contributed by atoms with E-state index in [4.69, 9.17) is 0 Å². The van der Waals surface area contributed by atoms with E-state index < -0.39 is 0 Å². The van der Waals surface area contributed by atoms with E-state index in [0.29, 0.717) is 5.57 Å². The van der Waals surface area contributed by atoms with Crippen molar-refractivity contribution in [2.45, 2.75) is 0 Å². The highest BCUT2D eigenvalue weighted by Crippen LogP contribution is 1.99. The fraction of sp³-hybridized carbons (Fsp3) is 0.143. The van der Waals surface area contributed by atoms with Gasteiger partial charge in [0.25, 0.3) is 0 Å². The zero-order valence-electron chi connectivity index (χ0n) is 6.07. The highest BCUT2D eigenvalue weighted by Gasteiger charge is 2.04. The second kappa shape index (κ2) is 3.55. The minimum absolute atomic E-state index is 0.364. The quantitative estimate of drug-likeness (QED) is 0.545. The Labute approximate surface area is 64.2 Å². The molecule has 0 amide bonds. The summed E-state index contributed by atoms with van der Waals surface area (Å²) in [6, 6.07) is 0. The summed E-state index contributed by atoms with van der Waals surface area (Å²) < 4.78 is 4.50. The lowest BCUT2D eigenvalue weighted by Gasteiger charge is -1.95. The lowest BCUT2D eigenvalue weighted by atomic mass is 10.2. The molecule has 0 aliphatic carbocycles. The highest BCUT2D eigenvalue weighted by molar-refractivity contribution is 5.96. The molecule has 0 spiro atoms. The van der Waals surface area contributed by atoms with Gasteiger partial charge in [-0.25, -0.2) is 4.79 Å². The first-order valence-corrected chi connectivity index (χ1v) is 3.08. The van der Waals surface area contributed by atoms with Crippen LogP contribution in [-0.4, -0.2) is 19.3 Å². The molecule has 1 heterocycles. The van der Waals surface area contributed by atoms with Crippen molar-refractivity contribution < 1.29 is 9.53 Å². The van der Waals surface area contributed by atoms with Crippen LogP contribution in [0.15, 0.2) is 29.0 Å². The Morgan fingerprint density at radius 3 is 3.27 bits per heavy atom. The predicted molar refractivity (Wildman–Crippen MR) is 40.9 cm³/mol. The van der Waals surface area contributed by atoms with Crippen LogP contribution in [-0.2, 0) is 9.53 Å². The van der Waals surface area contributed by atoms with Gasteiger partial charge in [0, 0.05) is 12.4 Å². The Bertz CT molecular complexity index is 241. The van der Waals surface area contributed by atoms with Crippen molar-refractivity contribution >= 4 is 12.2 Å². The average Bonchev–Trinajstić information content (AvgIpc) is 2.30. The fourth-order valence-corrected chi connectivity index (χ4v) is 0.640. The minimum Gasteiger partial charge on any atom is -0.465 e. The van der Waals surface area contributed by atoms with Gasteiger partial charge in [-0.15, -0.1) is 0 Å². The number of hydrazone groups is 1. The van der Waals surface area contributed by atoms with Gasteiger partial charge in [-0.05, 0) is 12.2 Å². The van der Waals surface area contributed by atoms with E-state index in [2.05, 4.69) is 15.3 Å². The summed E-state index contributed by atoms with van der Waals surface area (Å²) in [5.41, 5.74) is 3.06. The van der Waals surface area contributed by atoms with E-state index in [9.17, 15) is 4.79 Å². The molecule has 0 saturated carbocycles. The summed E-state index contributed by atoms with van der Waals surface area (Å²) in [6.07, 6.45) is 6.22. The second-order valence-corrected chi connectivity index (χ2v) is 1.85. The molecular weight excluding hydrogens is 144 g/mol. The number of nitrogens with one attached hydrogen (secondary N) is 1. The Morgan fingerprint density at radius 2 is 2.55 bits per heavy atom. The Kier molecular flexibility index (Phi) is 2.43. The van der Waals surface area contributed by atoms with Crippen molar-refractivity contribution in [3.63, 3.8) is 0 Å². The molecule has 0 bridgehead atoms. The van der Waals surface area contributed by atoms with Crippen LogP contribution in [0.25, 0.3) is 0 Å². The minimum atomic E-state index is -0.364. The Hall–Kier alpha value is -1.58. The molecule has 0 radical (unpaired) electrons. The summed E-state index contributed by atoms with van der Waals surface area (Å²) in [6.45, 7) is 0. The van der Waals surface area contributed by atoms with Gasteiger partial charge in [0.1, 0.15) is 0 Å². The largest absolute Gasteiger partial charge is 0.465 e. The van der Waals surface area contributed by atoms with E-state index in [1.807, 2.05) is 0 Å². The van der Waals surface area contributed by atoms with E-state index in [1.54, 1.807) is 18.4 Å². The summed E-state index contributed by atoms with van der Waals surface area (Å²) in [4.78, 5) is 10.9. The molecule has 0 saturated heterocycles. The van der Waals surface area contributed by atoms with Gasteiger partial charge >= 0.3 is 5.97 Å². The van der Waals surface area contributed by atoms with Gasteiger partial charge in [0.2, 0.25) is 0 Å². The first kappa shape index (κ1) is 7.53. The lowest BCUT2D eigenvalue weighted by Crippen LogP contribution is -2.02. The fourth-order valence-electron chi connectivity index (χ4n) is 0.640. The normalized spacial score (nSPS) is 14.8. The molecule has 0 aromatic carbocycles. The number of nitrogens with zero attached hydrogens (tertiary/aromatic N) is 1. The topological polar surface area (TPSA) is 50.7 Å². The summed E-state index contributed by atoms with van der Waals surface area (Å²) in [5.74, 6) is -0.364. The van der Waals surface area contributed by atoms with Gasteiger partial charge in [0.15, 0.2) is 0 Å². The van der Waals surface area contributed by atoms with Crippen molar-refractivity contribution in [3.8, 4) is 0 Å². The van der Waals surface area contributed by atoms with Gasteiger partial charge < -0.3 is 4.74 Å². The SMILES string of the molecule is COC(=O)C1=CC=NNC=C1. The maximum absolute atomic E-state index is 10.9. The first-order chi connectivity index (χ1) is 5.34. The van der Waals surface area contributed by atoms with Crippen LogP contribution in [0.4, 0.5) is 0 Å². The molecule has 0 aromatic heterocycles. The van der Waals surface area contributed by atoms with E-state index in [1.165, 1.54) is 13.3 Å². The van der Waals surface area contributed by atoms with Crippen molar-refractivity contribution in [2.75, 3.05) is 7.11 Å². The van der Waals surface area contributed by atoms with E-state index in [-0.39, 0.29) is 5.97 Å². The lowest BCUT2D eigenvalue weighted by molar-refractivity contribution is -0.135. The monoisotopic (exact) mass is 152 g/mol. The average molecular weight is 152 g/mol. The zero-order valence-corrected chi connectivity index (χ0v) is 6.07. The third kappa shape index (κ3) is 1.93. The number of hydrogen-bond acceptors (Lipinski definition) is 4. The molecule has 1 rings (SSSR count). The summed E-state index contributed by atoms with van der Waals surface area (Å²) >= 11 is 0. The third-order valence-corrected chi connectivity index (χ3v) is 1.16. The second-order valence-electron chi connectivity index (χ2n) is 1.85. The smallest absolute Gasteiger partial charge is 0.337 e. The van der Waals surface area contributed by atoms with Gasteiger partial charge in [-0.3, -0.25) is 5.43 Å². The maximum Gasteiger partial charge on any atom is 0.337 e. The number of allylic oxidation sites excluding steroid dienone is 1. The third-order valence-electron chi connectivity index (χ3n) is 1.16. The summed E-state index contributed by atoms with van der Waals surface area (Å²) in [5, 5.41) is 3.69. The molecule has 1 aliphatic heterocycles. The van der Waals surface area contributed by atoms with Crippen molar-refractivity contribution in [1.82, 2.24) is 5.43 Å². The number of carbonyl (C=O) groups excluding carboxylic acids is 1. The van der Waals surface area contributed by atoms with Crippen LogP contribution < -0.4 is 5.43 Å². The molecule has 1 N–H and O–H groups in total. The van der Waals surface area contributed by atoms with Gasteiger partial charge in [0.05, 0.1) is 12.7 Å². The number of methoxy groups -OCH3 is 1. The molecule has 1 aliphatic rings. The van der Waals surface area contributed by atoms with Crippen LogP contribution in [0.3, 0.4) is 0 Å². The van der Waals surface area contributed by atoms with Crippen molar-refractivity contribution in [3.05, 3.63) is 23.9 Å². The number of rotatable bonds is 1. The molecule has 58 valence electrons. The molecule has 0 fully saturated rings. The van der Waals surface area contributed by atoms with Crippen LogP contribution >= 0.6 is 0 Å². The van der Waals surface area contributed by atoms with Gasteiger partial charge in [-0.2, -0.15) is 5.10 Å². The molecule has 0 unspecified atom stereocenters. The van der Waals surface area contributed by atoms with Crippen LogP contribution in [0, 0.1) is 0 Å². The number of esters is 1. The number of carbonyl (C=O) groups is 1. The van der Waals surface area contributed by atoms with Crippen LogP contribution in [0.5, 0.6) is 0 Å². The standard InChI is InChI=1S/C7H8N2O2/c1-11-7(10)6-2-4-8-9-5-3-6/h2-5,8H,1H3. The molecule has 0 aromatic rings. The molecule has 4 nitrogen and oxygen atoms in total. The predicted octanol–water partition coefficient (Wildman–Crippen LogP) is 0.188. The Balaban J connectivity index is 2.77. The first-order valence-electron chi connectivity index (χ1n) is 3.08. The van der Waals surface area contributed by atoms with Crippen molar-refractivity contribution in [1.29, 1.82) is 0 Å². The molecule has 4 heteroatoms. The molecule has 11 heavy (non-hydrogen) atoms. The number of hydrogen-bond donors (Lipinski definition) is 1. The highest BCUT2D eigenvalue weighted by atomic mass is 16.5.